The molecule has 0 N–H and O–H groups in total. The molecule has 2 rings (SSSR count). The number of hydrogen-bond acceptors (Lipinski definition) is 1. The lowest BCUT2D eigenvalue weighted by molar-refractivity contribution is 0.416. The molecule has 0 saturated carbocycles. The van der Waals surface area contributed by atoms with Crippen LogP contribution in [0.1, 0.15) is 62.8 Å². The topological polar surface area (TPSA) is 12.9 Å². The van der Waals surface area contributed by atoms with E-state index in [0.717, 1.165) is 12.3 Å². The van der Waals surface area contributed by atoms with Gasteiger partial charge in [0.1, 0.15) is 5.15 Å². The third kappa shape index (κ3) is 1.98. The molecule has 0 aliphatic heterocycles. The molecule has 88 valence electrons. The average Bonchev–Trinajstić information content (AvgIpc) is 2.23. The Labute approximate surface area is 103 Å². The van der Waals surface area contributed by atoms with Gasteiger partial charge >= 0.3 is 0 Å². The SMILES string of the molecule is CC(C)c1cc2c(nc1Cl)C(C)C(C)CC2. The van der Waals surface area contributed by atoms with E-state index in [-0.39, 0.29) is 0 Å². The zero-order valence-electron chi connectivity index (χ0n) is 10.5. The summed E-state index contributed by atoms with van der Waals surface area (Å²) < 4.78 is 0. The van der Waals surface area contributed by atoms with E-state index in [1.807, 2.05) is 0 Å². The van der Waals surface area contributed by atoms with Gasteiger partial charge in [0.2, 0.25) is 0 Å². The van der Waals surface area contributed by atoms with Crippen molar-refractivity contribution in [2.75, 3.05) is 0 Å². The second-order valence-electron chi connectivity index (χ2n) is 5.37. The maximum absolute atomic E-state index is 6.26. The average molecular weight is 238 g/mol. The molecule has 1 aromatic rings. The molecule has 0 amide bonds. The first-order chi connectivity index (χ1) is 7.50. The molecule has 0 aromatic carbocycles. The van der Waals surface area contributed by atoms with Gasteiger partial charge in [0.05, 0.1) is 0 Å². The van der Waals surface area contributed by atoms with E-state index in [1.54, 1.807) is 0 Å². The van der Waals surface area contributed by atoms with Crippen LogP contribution in [-0.2, 0) is 6.42 Å². The highest BCUT2D eigenvalue weighted by Crippen LogP contribution is 2.37. The normalized spacial score (nSPS) is 24.6. The van der Waals surface area contributed by atoms with Crippen molar-refractivity contribution in [3.05, 3.63) is 28.0 Å². The monoisotopic (exact) mass is 237 g/mol. The summed E-state index contributed by atoms with van der Waals surface area (Å²) in [7, 11) is 0. The van der Waals surface area contributed by atoms with Crippen LogP contribution in [0.4, 0.5) is 0 Å². The van der Waals surface area contributed by atoms with Crippen molar-refractivity contribution in [3.63, 3.8) is 0 Å². The van der Waals surface area contributed by atoms with Crippen molar-refractivity contribution in [1.29, 1.82) is 0 Å². The molecular formula is C14H20ClN. The van der Waals surface area contributed by atoms with E-state index >= 15 is 0 Å². The van der Waals surface area contributed by atoms with Crippen molar-refractivity contribution in [2.45, 2.75) is 52.4 Å². The van der Waals surface area contributed by atoms with E-state index < -0.39 is 0 Å². The van der Waals surface area contributed by atoms with E-state index in [0.29, 0.717) is 17.0 Å². The summed E-state index contributed by atoms with van der Waals surface area (Å²) in [6.07, 6.45) is 2.43. The molecule has 1 heterocycles. The molecule has 2 atom stereocenters. The van der Waals surface area contributed by atoms with Gasteiger partial charge in [-0.2, -0.15) is 0 Å². The van der Waals surface area contributed by atoms with Crippen molar-refractivity contribution in [3.8, 4) is 0 Å². The van der Waals surface area contributed by atoms with E-state index in [2.05, 4.69) is 38.7 Å². The third-order valence-electron chi connectivity index (χ3n) is 3.89. The summed E-state index contributed by atoms with van der Waals surface area (Å²) in [4.78, 5) is 4.63. The highest BCUT2D eigenvalue weighted by atomic mass is 35.5. The molecule has 0 saturated heterocycles. The number of nitrogens with zero attached hydrogens (tertiary/aromatic N) is 1. The van der Waals surface area contributed by atoms with Crippen LogP contribution >= 0.6 is 11.6 Å². The minimum Gasteiger partial charge on any atom is -0.240 e. The number of aromatic nitrogens is 1. The molecule has 16 heavy (non-hydrogen) atoms. The molecule has 0 radical (unpaired) electrons. The lowest BCUT2D eigenvalue weighted by Gasteiger charge is -2.28. The smallest absolute Gasteiger partial charge is 0.132 e. The molecule has 1 aliphatic rings. The number of fused-ring (bicyclic) bond motifs is 1. The Morgan fingerprint density at radius 2 is 2.06 bits per heavy atom. The van der Waals surface area contributed by atoms with E-state index in [9.17, 15) is 0 Å². The zero-order valence-corrected chi connectivity index (χ0v) is 11.3. The van der Waals surface area contributed by atoms with Gasteiger partial charge in [0.25, 0.3) is 0 Å². The number of aryl methyl sites for hydroxylation is 1. The van der Waals surface area contributed by atoms with Gasteiger partial charge in [-0.25, -0.2) is 4.98 Å². The Bertz CT molecular complexity index is 398. The molecule has 1 nitrogen and oxygen atoms in total. The van der Waals surface area contributed by atoms with Crippen LogP contribution in [0.2, 0.25) is 5.15 Å². The molecule has 0 bridgehead atoms. The van der Waals surface area contributed by atoms with Crippen molar-refractivity contribution >= 4 is 11.6 Å². The summed E-state index contributed by atoms with van der Waals surface area (Å²) in [5, 5.41) is 0.703. The highest BCUT2D eigenvalue weighted by Gasteiger charge is 2.25. The van der Waals surface area contributed by atoms with E-state index in [4.69, 9.17) is 11.6 Å². The van der Waals surface area contributed by atoms with Crippen LogP contribution in [0, 0.1) is 5.92 Å². The fourth-order valence-corrected chi connectivity index (χ4v) is 2.83. The Morgan fingerprint density at radius 3 is 2.69 bits per heavy atom. The highest BCUT2D eigenvalue weighted by molar-refractivity contribution is 6.30. The van der Waals surface area contributed by atoms with Crippen LogP contribution in [-0.4, -0.2) is 4.98 Å². The van der Waals surface area contributed by atoms with Crippen LogP contribution in [0.25, 0.3) is 0 Å². The fraction of sp³-hybridized carbons (Fsp3) is 0.643. The maximum Gasteiger partial charge on any atom is 0.132 e. The molecule has 0 fully saturated rings. The number of hydrogen-bond donors (Lipinski definition) is 0. The van der Waals surface area contributed by atoms with Gasteiger partial charge in [-0.1, -0.05) is 45.4 Å². The standard InChI is InChI=1S/C14H20ClN/c1-8(2)12-7-11-6-5-9(3)10(4)13(11)16-14(12)15/h7-10H,5-6H2,1-4H3. The van der Waals surface area contributed by atoms with Gasteiger partial charge in [-0.05, 0) is 35.8 Å². The molecule has 1 aromatic heterocycles. The summed E-state index contributed by atoms with van der Waals surface area (Å²) in [6.45, 7) is 8.91. The predicted octanol–water partition coefficient (Wildman–Crippen LogP) is 4.54. The minimum absolute atomic E-state index is 0.458. The second-order valence-corrected chi connectivity index (χ2v) is 5.73. The predicted molar refractivity (Wildman–Crippen MR) is 69.2 cm³/mol. The molecular weight excluding hydrogens is 218 g/mol. The minimum atomic E-state index is 0.458. The van der Waals surface area contributed by atoms with Gasteiger partial charge in [0.15, 0.2) is 0 Å². The quantitative estimate of drug-likeness (QED) is 0.654. The molecule has 2 unspecified atom stereocenters. The van der Waals surface area contributed by atoms with Crippen molar-refractivity contribution in [1.82, 2.24) is 4.98 Å². The van der Waals surface area contributed by atoms with E-state index in [1.165, 1.54) is 23.2 Å². The number of pyridine rings is 1. The second kappa shape index (κ2) is 4.37. The molecule has 1 aliphatic carbocycles. The lowest BCUT2D eigenvalue weighted by atomic mass is 9.79. The Morgan fingerprint density at radius 1 is 1.38 bits per heavy atom. The molecule has 2 heteroatoms. The third-order valence-corrected chi connectivity index (χ3v) is 4.19. The van der Waals surface area contributed by atoms with Gasteiger partial charge in [-0.3, -0.25) is 0 Å². The Hall–Kier alpha value is -0.560. The van der Waals surface area contributed by atoms with Crippen LogP contribution in [0.5, 0.6) is 0 Å². The van der Waals surface area contributed by atoms with Crippen molar-refractivity contribution < 1.29 is 0 Å². The number of halogens is 1. The van der Waals surface area contributed by atoms with Gasteiger partial charge in [0, 0.05) is 11.6 Å². The Kier molecular flexibility index (Phi) is 3.25. The first kappa shape index (κ1) is 11.9. The zero-order chi connectivity index (χ0) is 11.9. The van der Waals surface area contributed by atoms with Gasteiger partial charge in [-0.15, -0.1) is 0 Å². The Balaban J connectivity index is 2.48. The largest absolute Gasteiger partial charge is 0.240 e. The van der Waals surface area contributed by atoms with Gasteiger partial charge < -0.3 is 0 Å². The van der Waals surface area contributed by atoms with Crippen LogP contribution < -0.4 is 0 Å². The molecule has 0 spiro atoms. The summed E-state index contributed by atoms with van der Waals surface area (Å²) in [5.41, 5.74) is 3.84. The maximum atomic E-state index is 6.26. The summed E-state index contributed by atoms with van der Waals surface area (Å²) in [6, 6.07) is 2.28. The first-order valence-electron chi connectivity index (χ1n) is 6.20. The summed E-state index contributed by atoms with van der Waals surface area (Å²) in [5.74, 6) is 1.73. The van der Waals surface area contributed by atoms with Crippen LogP contribution in [0.15, 0.2) is 6.07 Å². The number of rotatable bonds is 1. The van der Waals surface area contributed by atoms with Crippen molar-refractivity contribution in [2.24, 2.45) is 5.92 Å². The lowest BCUT2D eigenvalue weighted by Crippen LogP contribution is -2.18. The first-order valence-corrected chi connectivity index (χ1v) is 6.57. The van der Waals surface area contributed by atoms with Crippen LogP contribution in [0.3, 0.4) is 0 Å². The summed E-state index contributed by atoms with van der Waals surface area (Å²) >= 11 is 6.26. The fourth-order valence-electron chi connectivity index (χ4n) is 2.47.